The smallest absolute Gasteiger partial charge is 0.355 e. The Morgan fingerprint density at radius 1 is 1.19 bits per heavy atom. The molecule has 2 aromatic carbocycles. The van der Waals surface area contributed by atoms with Gasteiger partial charge < -0.3 is 14.6 Å². The monoisotopic (exact) mass is 389 g/mol. The van der Waals surface area contributed by atoms with Crippen LogP contribution < -0.4 is 9.47 Å². The molecule has 26 heavy (non-hydrogen) atoms. The molecule has 0 aliphatic rings. The second kappa shape index (κ2) is 8.21. The topological polar surface area (TPSA) is 68.7 Å². The minimum absolute atomic E-state index is 0.0317. The summed E-state index contributed by atoms with van der Waals surface area (Å²) in [5, 5.41) is 11.8. The van der Waals surface area contributed by atoms with Crippen LogP contribution in [0.5, 0.6) is 11.5 Å². The summed E-state index contributed by atoms with van der Waals surface area (Å²) >= 11 is 7.27. The lowest BCUT2D eigenvalue weighted by Gasteiger charge is -2.13. The predicted molar refractivity (Wildman–Crippen MR) is 101 cm³/mol. The Morgan fingerprint density at radius 2 is 2.04 bits per heavy atom. The Hall–Kier alpha value is -2.57. The van der Waals surface area contributed by atoms with E-state index >= 15 is 0 Å². The van der Waals surface area contributed by atoms with Crippen LogP contribution in [0.1, 0.15) is 23.0 Å². The molecule has 3 rings (SSSR count). The largest absolute Gasteiger partial charge is 0.490 e. The van der Waals surface area contributed by atoms with Crippen LogP contribution in [0.15, 0.2) is 47.8 Å². The molecule has 0 aliphatic carbocycles. The summed E-state index contributed by atoms with van der Waals surface area (Å²) in [6, 6.07) is 12.9. The molecule has 1 heterocycles. The molecule has 0 bridgehead atoms. The maximum absolute atomic E-state index is 11.0. The third kappa shape index (κ3) is 4.33. The van der Waals surface area contributed by atoms with Gasteiger partial charge in [-0.25, -0.2) is 9.78 Å². The van der Waals surface area contributed by atoms with E-state index in [2.05, 4.69) is 4.98 Å². The van der Waals surface area contributed by atoms with Gasteiger partial charge in [-0.15, -0.1) is 11.3 Å². The number of hydrogen-bond acceptors (Lipinski definition) is 5. The van der Waals surface area contributed by atoms with Crippen LogP contribution in [0.25, 0.3) is 10.6 Å². The van der Waals surface area contributed by atoms with Gasteiger partial charge in [-0.3, -0.25) is 0 Å². The number of carbonyl (C=O) groups is 1. The molecule has 5 nitrogen and oxygen atoms in total. The Kier molecular flexibility index (Phi) is 5.75. The molecule has 7 heteroatoms. The highest BCUT2D eigenvalue weighted by molar-refractivity contribution is 7.13. The van der Waals surface area contributed by atoms with E-state index in [1.54, 1.807) is 12.1 Å². The van der Waals surface area contributed by atoms with Crippen molar-refractivity contribution in [3.63, 3.8) is 0 Å². The van der Waals surface area contributed by atoms with Crippen molar-refractivity contribution in [3.8, 4) is 22.1 Å². The number of carboxylic acids is 1. The molecule has 0 saturated heterocycles. The summed E-state index contributed by atoms with van der Waals surface area (Å²) in [5.41, 5.74) is 1.76. The number of carboxylic acid groups (broad SMARTS) is 1. The Bertz CT molecular complexity index is 925. The quantitative estimate of drug-likeness (QED) is 0.606. The zero-order valence-electron chi connectivity index (χ0n) is 13.9. The van der Waals surface area contributed by atoms with E-state index in [0.717, 1.165) is 11.1 Å². The Morgan fingerprint density at radius 3 is 2.73 bits per heavy atom. The number of benzene rings is 2. The minimum atomic E-state index is -1.04. The van der Waals surface area contributed by atoms with Gasteiger partial charge in [0.15, 0.2) is 17.2 Å². The molecular formula is C19H16ClNO4S. The molecule has 0 unspecified atom stereocenters. The lowest BCUT2D eigenvalue weighted by atomic mass is 10.2. The lowest BCUT2D eigenvalue weighted by Crippen LogP contribution is -2.00. The normalized spacial score (nSPS) is 10.5. The number of aromatic nitrogens is 1. The van der Waals surface area contributed by atoms with Gasteiger partial charge in [-0.2, -0.15) is 0 Å². The van der Waals surface area contributed by atoms with Gasteiger partial charge >= 0.3 is 5.97 Å². The standard InChI is InChI=1S/C19H16ClNO4S/c1-2-24-17-9-13(18-21-15(11-26-18)19(22)23)6-7-16(17)25-10-12-4-3-5-14(20)8-12/h3-9,11H,2,10H2,1H3,(H,22,23). The van der Waals surface area contributed by atoms with Crippen molar-refractivity contribution < 1.29 is 19.4 Å². The van der Waals surface area contributed by atoms with E-state index < -0.39 is 5.97 Å². The van der Waals surface area contributed by atoms with Crippen molar-refractivity contribution in [2.24, 2.45) is 0 Å². The third-order valence-electron chi connectivity index (χ3n) is 3.50. The average molecular weight is 390 g/mol. The first kappa shape index (κ1) is 18.2. The van der Waals surface area contributed by atoms with Gasteiger partial charge in [0.25, 0.3) is 0 Å². The summed E-state index contributed by atoms with van der Waals surface area (Å²) in [4.78, 5) is 15.1. The maximum Gasteiger partial charge on any atom is 0.355 e. The SMILES string of the molecule is CCOc1cc(-c2nc(C(=O)O)cs2)ccc1OCc1cccc(Cl)c1. The zero-order chi connectivity index (χ0) is 18.5. The van der Waals surface area contributed by atoms with Gasteiger partial charge in [0, 0.05) is 16.0 Å². The summed E-state index contributed by atoms with van der Waals surface area (Å²) in [7, 11) is 0. The first-order chi connectivity index (χ1) is 12.6. The lowest BCUT2D eigenvalue weighted by molar-refractivity contribution is 0.0691. The fourth-order valence-electron chi connectivity index (χ4n) is 2.32. The highest BCUT2D eigenvalue weighted by Crippen LogP contribution is 2.34. The van der Waals surface area contributed by atoms with Crippen LogP contribution >= 0.6 is 22.9 Å². The van der Waals surface area contributed by atoms with Gasteiger partial charge in [-0.1, -0.05) is 23.7 Å². The van der Waals surface area contributed by atoms with E-state index in [0.29, 0.717) is 34.7 Å². The first-order valence-electron chi connectivity index (χ1n) is 7.90. The summed E-state index contributed by atoms with van der Waals surface area (Å²) in [6.07, 6.45) is 0. The molecular weight excluding hydrogens is 374 g/mol. The fourth-order valence-corrected chi connectivity index (χ4v) is 3.32. The van der Waals surface area contributed by atoms with E-state index in [4.69, 9.17) is 26.2 Å². The van der Waals surface area contributed by atoms with E-state index in [9.17, 15) is 4.79 Å². The predicted octanol–water partition coefficient (Wildman–Crippen LogP) is 5.14. The summed E-state index contributed by atoms with van der Waals surface area (Å²) in [5.74, 6) is 0.142. The summed E-state index contributed by atoms with van der Waals surface area (Å²) in [6.45, 7) is 2.73. The van der Waals surface area contributed by atoms with Gasteiger partial charge in [0.05, 0.1) is 6.61 Å². The number of rotatable bonds is 7. The zero-order valence-corrected chi connectivity index (χ0v) is 15.5. The highest BCUT2D eigenvalue weighted by atomic mass is 35.5. The molecule has 0 fully saturated rings. The van der Waals surface area contributed by atoms with Crippen molar-refractivity contribution in [2.45, 2.75) is 13.5 Å². The molecule has 1 N–H and O–H groups in total. The maximum atomic E-state index is 11.0. The number of ether oxygens (including phenoxy) is 2. The summed E-state index contributed by atoms with van der Waals surface area (Å²) < 4.78 is 11.5. The molecule has 0 saturated carbocycles. The molecule has 0 aliphatic heterocycles. The van der Waals surface area contributed by atoms with Gasteiger partial charge in [-0.05, 0) is 42.8 Å². The van der Waals surface area contributed by atoms with Crippen molar-refractivity contribution in [1.82, 2.24) is 4.98 Å². The number of thiazole rings is 1. The second-order valence-electron chi connectivity index (χ2n) is 5.36. The van der Waals surface area contributed by atoms with Crippen LogP contribution in [0, 0.1) is 0 Å². The third-order valence-corrected chi connectivity index (χ3v) is 4.62. The van der Waals surface area contributed by atoms with E-state index in [1.807, 2.05) is 37.3 Å². The van der Waals surface area contributed by atoms with Crippen LogP contribution in [-0.2, 0) is 6.61 Å². The molecule has 0 atom stereocenters. The van der Waals surface area contributed by atoms with Crippen LogP contribution in [0.3, 0.4) is 0 Å². The van der Waals surface area contributed by atoms with Crippen molar-refractivity contribution in [3.05, 3.63) is 64.1 Å². The van der Waals surface area contributed by atoms with Crippen molar-refractivity contribution >= 4 is 28.9 Å². The van der Waals surface area contributed by atoms with Crippen LogP contribution in [0.4, 0.5) is 0 Å². The first-order valence-corrected chi connectivity index (χ1v) is 9.16. The number of nitrogens with zero attached hydrogens (tertiary/aromatic N) is 1. The van der Waals surface area contributed by atoms with Crippen LogP contribution in [0.2, 0.25) is 5.02 Å². The number of aromatic carboxylic acids is 1. The van der Waals surface area contributed by atoms with Gasteiger partial charge in [0.2, 0.25) is 0 Å². The Balaban J connectivity index is 1.82. The fraction of sp³-hybridized carbons (Fsp3) is 0.158. The van der Waals surface area contributed by atoms with Crippen molar-refractivity contribution in [1.29, 1.82) is 0 Å². The Labute approximate surface area is 159 Å². The average Bonchev–Trinajstić information content (AvgIpc) is 3.11. The number of hydrogen-bond donors (Lipinski definition) is 1. The minimum Gasteiger partial charge on any atom is -0.490 e. The molecule has 1 aromatic heterocycles. The molecule has 0 amide bonds. The molecule has 134 valence electrons. The number of halogens is 1. The molecule has 3 aromatic rings. The highest BCUT2D eigenvalue weighted by Gasteiger charge is 2.13. The van der Waals surface area contributed by atoms with Gasteiger partial charge in [0.1, 0.15) is 11.6 Å². The van der Waals surface area contributed by atoms with Crippen LogP contribution in [-0.4, -0.2) is 22.7 Å². The second-order valence-corrected chi connectivity index (χ2v) is 6.65. The molecule has 0 spiro atoms. The molecule has 0 radical (unpaired) electrons. The van der Waals surface area contributed by atoms with E-state index in [-0.39, 0.29) is 5.69 Å². The van der Waals surface area contributed by atoms with Crippen molar-refractivity contribution in [2.75, 3.05) is 6.61 Å². The van der Waals surface area contributed by atoms with E-state index in [1.165, 1.54) is 16.7 Å².